The van der Waals surface area contributed by atoms with E-state index in [0.29, 0.717) is 24.2 Å². The lowest BCUT2D eigenvalue weighted by molar-refractivity contribution is 0.0514. The van der Waals surface area contributed by atoms with Gasteiger partial charge in [-0.25, -0.2) is 9.37 Å². The lowest BCUT2D eigenvalue weighted by atomic mass is 9.92. The molecule has 0 aliphatic carbocycles. The van der Waals surface area contributed by atoms with Gasteiger partial charge in [0.05, 0.1) is 16.4 Å². The van der Waals surface area contributed by atoms with E-state index in [1.54, 1.807) is 40.9 Å². The van der Waals surface area contributed by atoms with Crippen molar-refractivity contribution in [2.75, 3.05) is 18.8 Å². The van der Waals surface area contributed by atoms with Crippen molar-refractivity contribution in [3.05, 3.63) is 59.5 Å². The van der Waals surface area contributed by atoms with Crippen molar-refractivity contribution in [2.24, 2.45) is 0 Å². The van der Waals surface area contributed by atoms with E-state index in [0.717, 1.165) is 12.2 Å². The Balaban J connectivity index is 1.36. The summed E-state index contributed by atoms with van der Waals surface area (Å²) in [4.78, 5) is 18.3. The van der Waals surface area contributed by atoms with Gasteiger partial charge >= 0.3 is 0 Å². The third-order valence-electron chi connectivity index (χ3n) is 4.66. The zero-order valence-electron chi connectivity index (χ0n) is 13.9. The summed E-state index contributed by atoms with van der Waals surface area (Å²) in [6, 6.07) is 11.7. The Morgan fingerprint density at radius 1 is 1.38 bits per heavy atom. The number of ether oxygens (including phenoxy) is 1. The minimum absolute atomic E-state index is 0.0293. The molecule has 0 saturated carbocycles. The SMILES string of the molecule is N#Cc1cccc(C(=O)N2CC3(C[C@@H](Oc4ncccc4F)CS3)C2)c1. The van der Waals surface area contributed by atoms with Crippen LogP contribution in [0.3, 0.4) is 0 Å². The molecule has 0 unspecified atom stereocenters. The van der Waals surface area contributed by atoms with Crippen molar-refractivity contribution in [3.63, 3.8) is 0 Å². The maximum atomic E-state index is 13.7. The molecule has 7 heteroatoms. The number of benzene rings is 1. The van der Waals surface area contributed by atoms with Crippen LogP contribution in [-0.2, 0) is 0 Å². The second-order valence-electron chi connectivity index (χ2n) is 6.58. The van der Waals surface area contributed by atoms with Gasteiger partial charge in [-0.2, -0.15) is 5.26 Å². The van der Waals surface area contributed by atoms with Crippen molar-refractivity contribution in [3.8, 4) is 11.9 Å². The smallest absolute Gasteiger partial charge is 0.253 e. The maximum absolute atomic E-state index is 13.7. The number of pyridine rings is 1. The fourth-order valence-electron chi connectivity index (χ4n) is 3.41. The number of hydrogen-bond acceptors (Lipinski definition) is 5. The van der Waals surface area contributed by atoms with Gasteiger partial charge in [-0.15, -0.1) is 11.8 Å². The van der Waals surface area contributed by atoms with Crippen LogP contribution in [0.2, 0.25) is 0 Å². The Morgan fingerprint density at radius 3 is 3.00 bits per heavy atom. The summed E-state index contributed by atoms with van der Waals surface area (Å²) in [6.45, 7) is 1.27. The first kappa shape index (κ1) is 16.9. The standard InChI is InChI=1S/C19H16FN3O2S/c20-16-5-2-6-22-17(16)25-15-8-19(26-10-15)11-23(12-19)18(24)14-4-1-3-13(7-14)9-21/h1-7,15H,8,10-12H2/t15-/m1/s1. The minimum atomic E-state index is -0.457. The quantitative estimate of drug-likeness (QED) is 0.832. The van der Waals surface area contributed by atoms with Crippen molar-refractivity contribution >= 4 is 17.7 Å². The molecule has 1 atom stereocenters. The number of rotatable bonds is 3. The van der Waals surface area contributed by atoms with E-state index < -0.39 is 5.82 Å². The van der Waals surface area contributed by atoms with Crippen molar-refractivity contribution < 1.29 is 13.9 Å². The average molecular weight is 369 g/mol. The van der Waals surface area contributed by atoms with Gasteiger partial charge in [0.25, 0.3) is 11.8 Å². The number of halogens is 1. The van der Waals surface area contributed by atoms with E-state index in [-0.39, 0.29) is 22.6 Å². The molecule has 5 nitrogen and oxygen atoms in total. The molecule has 1 aromatic carbocycles. The summed E-state index contributed by atoms with van der Waals surface area (Å²) < 4.78 is 19.4. The molecule has 0 bridgehead atoms. The van der Waals surface area contributed by atoms with E-state index in [9.17, 15) is 9.18 Å². The third-order valence-corrected chi connectivity index (χ3v) is 6.24. The van der Waals surface area contributed by atoms with E-state index in [1.807, 2.05) is 0 Å². The summed E-state index contributed by atoms with van der Waals surface area (Å²) >= 11 is 1.77. The van der Waals surface area contributed by atoms with Crippen molar-refractivity contribution in [2.45, 2.75) is 17.3 Å². The highest BCUT2D eigenvalue weighted by molar-refractivity contribution is 8.01. The van der Waals surface area contributed by atoms with E-state index in [1.165, 1.54) is 18.3 Å². The summed E-state index contributed by atoms with van der Waals surface area (Å²) in [7, 11) is 0. The summed E-state index contributed by atoms with van der Waals surface area (Å²) in [5.41, 5.74) is 1.01. The first-order valence-corrected chi connectivity index (χ1v) is 9.28. The summed E-state index contributed by atoms with van der Waals surface area (Å²) in [6.07, 6.45) is 2.16. The number of carbonyl (C=O) groups is 1. The molecule has 26 heavy (non-hydrogen) atoms. The zero-order valence-corrected chi connectivity index (χ0v) is 14.7. The lowest BCUT2D eigenvalue weighted by Crippen LogP contribution is -2.60. The van der Waals surface area contributed by atoms with Crippen LogP contribution in [-0.4, -0.2) is 45.5 Å². The van der Waals surface area contributed by atoms with Gasteiger partial charge in [0, 0.05) is 37.0 Å². The largest absolute Gasteiger partial charge is 0.471 e. The number of nitriles is 1. The molecule has 132 valence electrons. The van der Waals surface area contributed by atoms with Crippen LogP contribution in [0.5, 0.6) is 5.88 Å². The first-order valence-electron chi connectivity index (χ1n) is 8.29. The Bertz CT molecular complexity index is 892. The fourth-order valence-corrected chi connectivity index (χ4v) is 4.94. The summed E-state index contributed by atoms with van der Waals surface area (Å²) in [5.74, 6) is 0.271. The highest BCUT2D eigenvalue weighted by Gasteiger charge is 2.51. The molecule has 0 N–H and O–H groups in total. The third kappa shape index (κ3) is 3.13. The Labute approximate surface area is 154 Å². The van der Waals surface area contributed by atoms with Crippen LogP contribution in [0, 0.1) is 17.1 Å². The topological polar surface area (TPSA) is 66.2 Å². The number of likely N-dealkylation sites (tertiary alicyclic amines) is 1. The van der Waals surface area contributed by atoms with Gasteiger partial charge in [-0.3, -0.25) is 4.79 Å². The minimum Gasteiger partial charge on any atom is -0.471 e. The Morgan fingerprint density at radius 2 is 2.23 bits per heavy atom. The number of thioether (sulfide) groups is 1. The van der Waals surface area contributed by atoms with Crippen molar-refractivity contribution in [1.29, 1.82) is 5.26 Å². The second-order valence-corrected chi connectivity index (χ2v) is 8.07. The normalized spacial score (nSPS) is 20.5. The first-order chi connectivity index (χ1) is 12.6. The van der Waals surface area contributed by atoms with Crippen LogP contribution in [0.1, 0.15) is 22.3 Å². The van der Waals surface area contributed by atoms with Gasteiger partial charge in [0.1, 0.15) is 6.10 Å². The number of aromatic nitrogens is 1. The van der Waals surface area contributed by atoms with Gasteiger partial charge in [0.15, 0.2) is 5.82 Å². The van der Waals surface area contributed by atoms with Gasteiger partial charge in [-0.05, 0) is 30.3 Å². The van der Waals surface area contributed by atoms with Gasteiger partial charge < -0.3 is 9.64 Å². The number of hydrogen-bond donors (Lipinski definition) is 0. The molecule has 3 heterocycles. The van der Waals surface area contributed by atoms with Crippen LogP contribution >= 0.6 is 11.8 Å². The lowest BCUT2D eigenvalue weighted by Gasteiger charge is -2.47. The molecule has 2 fully saturated rings. The number of carbonyl (C=O) groups excluding carboxylic acids is 1. The molecule has 4 rings (SSSR count). The van der Waals surface area contributed by atoms with E-state index >= 15 is 0 Å². The van der Waals surface area contributed by atoms with Crippen LogP contribution in [0.15, 0.2) is 42.6 Å². The van der Waals surface area contributed by atoms with Crippen LogP contribution in [0.25, 0.3) is 0 Å². The monoisotopic (exact) mass is 369 g/mol. The molecule has 1 spiro atoms. The molecule has 2 aliphatic rings. The van der Waals surface area contributed by atoms with Gasteiger partial charge in [0.2, 0.25) is 0 Å². The van der Waals surface area contributed by atoms with Crippen LogP contribution < -0.4 is 4.74 Å². The molecule has 0 radical (unpaired) electrons. The Hall–Kier alpha value is -2.59. The van der Waals surface area contributed by atoms with E-state index in [4.69, 9.17) is 10.00 Å². The predicted molar refractivity (Wildman–Crippen MR) is 95.5 cm³/mol. The average Bonchev–Trinajstić information content (AvgIpc) is 3.06. The molecule has 2 aliphatic heterocycles. The fraction of sp³-hybridized carbons (Fsp3) is 0.316. The molecule has 2 saturated heterocycles. The predicted octanol–water partition coefficient (Wildman–Crippen LogP) is 2.87. The highest BCUT2D eigenvalue weighted by Crippen LogP contribution is 2.46. The summed E-state index contributed by atoms with van der Waals surface area (Å²) in [5, 5.41) is 8.97. The second kappa shape index (κ2) is 6.61. The number of nitrogens with zero attached hydrogens (tertiary/aromatic N) is 3. The molecular formula is C19H16FN3O2S. The highest BCUT2D eigenvalue weighted by atomic mass is 32.2. The molecular weight excluding hydrogens is 353 g/mol. The van der Waals surface area contributed by atoms with Gasteiger partial charge in [-0.1, -0.05) is 6.07 Å². The van der Waals surface area contributed by atoms with Crippen molar-refractivity contribution in [1.82, 2.24) is 9.88 Å². The van der Waals surface area contributed by atoms with E-state index in [2.05, 4.69) is 11.1 Å². The molecule has 1 aromatic heterocycles. The molecule has 1 amide bonds. The molecule has 2 aromatic rings. The zero-order chi connectivity index (χ0) is 18.1. The Kier molecular flexibility index (Phi) is 4.29. The number of amides is 1. The maximum Gasteiger partial charge on any atom is 0.253 e. The van der Waals surface area contributed by atoms with Crippen LogP contribution in [0.4, 0.5) is 4.39 Å².